The van der Waals surface area contributed by atoms with Crippen molar-refractivity contribution in [3.8, 4) is 17.2 Å². The third-order valence-corrected chi connectivity index (χ3v) is 5.81. The second-order valence-corrected chi connectivity index (χ2v) is 7.88. The van der Waals surface area contributed by atoms with Crippen LogP contribution in [0.3, 0.4) is 0 Å². The highest BCUT2D eigenvalue weighted by molar-refractivity contribution is 5.89. The van der Waals surface area contributed by atoms with Gasteiger partial charge in [0.15, 0.2) is 0 Å². The maximum Gasteiger partial charge on any atom is 0.337 e. The third kappa shape index (κ3) is 4.68. The number of aromatic hydroxyl groups is 1. The van der Waals surface area contributed by atoms with Crippen LogP contribution in [0.5, 0.6) is 17.2 Å². The summed E-state index contributed by atoms with van der Waals surface area (Å²) in [4.78, 5) is 37.8. The van der Waals surface area contributed by atoms with Crippen molar-refractivity contribution in [2.75, 3.05) is 20.2 Å². The number of hydrogen-bond acceptors (Lipinski definition) is 8. The van der Waals surface area contributed by atoms with Gasteiger partial charge in [0.25, 0.3) is 0 Å². The molecule has 0 radical (unpaired) electrons. The molecular formula is C24H23NO8. The number of phenolic OH excluding ortho intramolecular Hbond substituents is 1. The van der Waals surface area contributed by atoms with Gasteiger partial charge >= 0.3 is 11.9 Å². The van der Waals surface area contributed by atoms with Crippen LogP contribution in [0.2, 0.25) is 0 Å². The Labute approximate surface area is 188 Å². The van der Waals surface area contributed by atoms with E-state index < -0.39 is 17.4 Å². The lowest BCUT2D eigenvalue weighted by Crippen LogP contribution is -2.35. The highest BCUT2D eigenvalue weighted by Gasteiger charge is 2.26. The van der Waals surface area contributed by atoms with E-state index in [4.69, 9.17) is 9.15 Å². The molecule has 33 heavy (non-hydrogen) atoms. The Bertz CT molecular complexity index is 1240. The molecule has 1 saturated heterocycles. The summed E-state index contributed by atoms with van der Waals surface area (Å²) < 4.78 is 16.0. The number of nitrogens with zero attached hydrogens (tertiary/aromatic N) is 1. The molecule has 4 rings (SSSR count). The summed E-state index contributed by atoms with van der Waals surface area (Å²) in [5.74, 6) is -1.32. The predicted octanol–water partition coefficient (Wildman–Crippen LogP) is 3.37. The molecule has 0 saturated carbocycles. The first-order valence-electron chi connectivity index (χ1n) is 10.4. The molecule has 9 nitrogen and oxygen atoms in total. The van der Waals surface area contributed by atoms with Gasteiger partial charge < -0.3 is 24.1 Å². The molecule has 0 spiro atoms. The zero-order valence-corrected chi connectivity index (χ0v) is 17.9. The van der Waals surface area contributed by atoms with E-state index >= 15 is 0 Å². The number of fused-ring (bicyclic) bond motifs is 1. The number of carboxylic acids is 1. The van der Waals surface area contributed by atoms with Crippen LogP contribution < -0.4 is 10.2 Å². The third-order valence-electron chi connectivity index (χ3n) is 5.81. The molecule has 0 unspecified atom stereocenters. The van der Waals surface area contributed by atoms with Crippen LogP contribution in [0.1, 0.15) is 28.8 Å². The van der Waals surface area contributed by atoms with Crippen LogP contribution in [-0.2, 0) is 16.1 Å². The van der Waals surface area contributed by atoms with Gasteiger partial charge in [0.1, 0.15) is 23.3 Å². The van der Waals surface area contributed by atoms with E-state index in [9.17, 15) is 24.6 Å². The van der Waals surface area contributed by atoms with Crippen molar-refractivity contribution >= 4 is 22.9 Å². The molecule has 9 heteroatoms. The SMILES string of the molecule is COC(=O)c1ccc(Oc2coc3c(CN4CCC(C(=O)O)CC4)c(O)ccc3c2=O)cc1. The highest BCUT2D eigenvalue weighted by atomic mass is 16.5. The smallest absolute Gasteiger partial charge is 0.337 e. The van der Waals surface area contributed by atoms with Crippen molar-refractivity contribution in [1.82, 2.24) is 4.90 Å². The first kappa shape index (κ1) is 22.3. The van der Waals surface area contributed by atoms with Crippen LogP contribution in [-0.4, -0.2) is 47.3 Å². The number of ether oxygens (including phenoxy) is 2. The molecule has 1 aliphatic heterocycles. The zero-order chi connectivity index (χ0) is 23.5. The van der Waals surface area contributed by atoms with Crippen LogP contribution in [0, 0.1) is 5.92 Å². The van der Waals surface area contributed by atoms with Crippen molar-refractivity contribution in [2.24, 2.45) is 5.92 Å². The number of hydrogen-bond donors (Lipinski definition) is 2. The molecule has 2 aromatic carbocycles. The van der Waals surface area contributed by atoms with Crippen LogP contribution in [0.4, 0.5) is 0 Å². The number of carbonyl (C=O) groups is 2. The topological polar surface area (TPSA) is 127 Å². The molecule has 0 amide bonds. The Hall–Kier alpha value is -3.85. The Morgan fingerprint density at radius 1 is 1.12 bits per heavy atom. The van der Waals surface area contributed by atoms with Crippen LogP contribution in [0.25, 0.3) is 11.0 Å². The Balaban J connectivity index is 1.57. The van der Waals surface area contributed by atoms with E-state index in [1.807, 2.05) is 4.90 Å². The fourth-order valence-electron chi connectivity index (χ4n) is 3.92. The molecule has 0 aliphatic carbocycles. The fourth-order valence-corrected chi connectivity index (χ4v) is 3.92. The average Bonchev–Trinajstić information content (AvgIpc) is 2.83. The summed E-state index contributed by atoms with van der Waals surface area (Å²) >= 11 is 0. The summed E-state index contributed by atoms with van der Waals surface area (Å²) in [7, 11) is 1.29. The van der Waals surface area contributed by atoms with Gasteiger partial charge in [-0.3, -0.25) is 14.5 Å². The molecule has 0 atom stereocenters. The summed E-state index contributed by atoms with van der Waals surface area (Å²) in [6, 6.07) is 9.04. The number of carboxylic acid groups (broad SMARTS) is 1. The van der Waals surface area contributed by atoms with Gasteiger partial charge in [0.2, 0.25) is 11.2 Å². The van der Waals surface area contributed by atoms with E-state index in [1.165, 1.54) is 37.6 Å². The molecule has 2 N–H and O–H groups in total. The molecule has 1 aliphatic rings. The van der Waals surface area contributed by atoms with Gasteiger partial charge in [0.05, 0.1) is 29.5 Å². The Morgan fingerprint density at radius 2 is 1.82 bits per heavy atom. The van der Waals surface area contributed by atoms with Crippen LogP contribution in [0.15, 0.2) is 51.9 Å². The highest BCUT2D eigenvalue weighted by Crippen LogP contribution is 2.31. The number of likely N-dealkylation sites (tertiary alicyclic amines) is 1. The fraction of sp³-hybridized carbons (Fsp3) is 0.292. The van der Waals surface area contributed by atoms with Crippen molar-refractivity contribution in [2.45, 2.75) is 19.4 Å². The lowest BCUT2D eigenvalue weighted by molar-refractivity contribution is -0.143. The van der Waals surface area contributed by atoms with Crippen molar-refractivity contribution in [1.29, 1.82) is 0 Å². The first-order valence-corrected chi connectivity index (χ1v) is 10.4. The molecule has 0 bridgehead atoms. The van der Waals surface area contributed by atoms with Gasteiger partial charge in [-0.05, 0) is 62.3 Å². The normalized spacial score (nSPS) is 14.8. The number of carbonyl (C=O) groups excluding carboxylic acids is 1. The van der Waals surface area contributed by atoms with Gasteiger partial charge in [-0.15, -0.1) is 0 Å². The lowest BCUT2D eigenvalue weighted by Gasteiger charge is -2.30. The van der Waals surface area contributed by atoms with E-state index in [1.54, 1.807) is 12.1 Å². The minimum atomic E-state index is -0.791. The van der Waals surface area contributed by atoms with Crippen LogP contribution >= 0.6 is 0 Å². The quantitative estimate of drug-likeness (QED) is 0.540. The number of aliphatic carboxylic acids is 1. The number of piperidine rings is 1. The molecule has 1 aromatic heterocycles. The summed E-state index contributed by atoms with van der Waals surface area (Å²) in [5, 5.41) is 19.8. The molecule has 1 fully saturated rings. The maximum absolute atomic E-state index is 13.0. The Morgan fingerprint density at radius 3 is 2.45 bits per heavy atom. The van der Waals surface area contributed by atoms with Gasteiger partial charge in [-0.1, -0.05) is 0 Å². The number of benzene rings is 2. The number of rotatable bonds is 6. The van der Waals surface area contributed by atoms with E-state index in [-0.39, 0.29) is 28.4 Å². The molecular weight excluding hydrogens is 430 g/mol. The number of methoxy groups -OCH3 is 1. The standard InChI is InChI=1S/C24H23NO8/c1-31-24(30)15-2-4-16(5-3-15)33-20-13-32-22-17(21(20)27)6-7-19(26)18(22)12-25-10-8-14(9-11-25)23(28)29/h2-7,13-14,26H,8-12H2,1H3,(H,28,29). The lowest BCUT2D eigenvalue weighted by atomic mass is 9.96. The minimum Gasteiger partial charge on any atom is -0.507 e. The average molecular weight is 453 g/mol. The molecule has 172 valence electrons. The predicted molar refractivity (Wildman–Crippen MR) is 118 cm³/mol. The zero-order valence-electron chi connectivity index (χ0n) is 17.9. The summed E-state index contributed by atoms with van der Waals surface area (Å²) in [6.07, 6.45) is 2.24. The second-order valence-electron chi connectivity index (χ2n) is 7.88. The largest absolute Gasteiger partial charge is 0.507 e. The van der Waals surface area contributed by atoms with Crippen molar-refractivity contribution < 1.29 is 33.7 Å². The van der Waals surface area contributed by atoms with E-state index in [2.05, 4.69) is 4.74 Å². The van der Waals surface area contributed by atoms with E-state index in [0.717, 1.165) is 0 Å². The summed E-state index contributed by atoms with van der Waals surface area (Å²) in [6.45, 7) is 1.47. The van der Waals surface area contributed by atoms with Gasteiger partial charge in [0, 0.05) is 6.54 Å². The Kier molecular flexibility index (Phi) is 6.32. The van der Waals surface area contributed by atoms with Gasteiger partial charge in [-0.25, -0.2) is 4.79 Å². The van der Waals surface area contributed by atoms with Crippen molar-refractivity contribution in [3.63, 3.8) is 0 Å². The first-order chi connectivity index (χ1) is 15.9. The summed E-state index contributed by atoms with van der Waals surface area (Å²) in [5.41, 5.74) is 0.670. The monoisotopic (exact) mass is 453 g/mol. The molecule has 3 aromatic rings. The number of esters is 1. The maximum atomic E-state index is 13.0. The van der Waals surface area contributed by atoms with Gasteiger partial charge in [-0.2, -0.15) is 0 Å². The van der Waals surface area contributed by atoms with Crippen molar-refractivity contribution in [3.05, 3.63) is 64.0 Å². The molecule has 2 heterocycles. The number of phenols is 1. The second kappa shape index (κ2) is 9.33. The minimum absolute atomic E-state index is 0.00178. The van der Waals surface area contributed by atoms with E-state index in [0.29, 0.717) is 49.4 Å².